The Morgan fingerprint density at radius 1 is 0.963 bits per heavy atom. The van der Waals surface area contributed by atoms with Crippen molar-refractivity contribution in [3.8, 4) is 17.2 Å². The normalized spacial score (nSPS) is 10.2. The first-order chi connectivity index (χ1) is 12.9. The van der Waals surface area contributed by atoms with E-state index in [1.54, 1.807) is 18.2 Å². The minimum atomic E-state index is -0.624. The van der Waals surface area contributed by atoms with Crippen LogP contribution in [0.1, 0.15) is 10.4 Å². The highest BCUT2D eigenvalue weighted by Gasteiger charge is 2.13. The van der Waals surface area contributed by atoms with Crippen LogP contribution in [0.4, 0.5) is 0 Å². The summed E-state index contributed by atoms with van der Waals surface area (Å²) in [4.78, 5) is 22.9. The number of amides is 1. The highest BCUT2D eigenvalue weighted by molar-refractivity contribution is 6.35. The SMILES string of the molecule is COc1cc(C(=O)OCCOc2ccc(Cl)cc2Cl)ccc1OCC(N)=O. The third-order valence-electron chi connectivity index (χ3n) is 3.24. The molecule has 7 nitrogen and oxygen atoms in total. The van der Waals surface area contributed by atoms with Gasteiger partial charge in [0, 0.05) is 5.02 Å². The molecule has 0 radical (unpaired) electrons. The Morgan fingerprint density at radius 3 is 2.37 bits per heavy atom. The molecule has 144 valence electrons. The number of hydrogen-bond acceptors (Lipinski definition) is 6. The fraction of sp³-hybridized carbons (Fsp3) is 0.222. The number of ether oxygens (including phenoxy) is 4. The lowest BCUT2D eigenvalue weighted by Crippen LogP contribution is -2.20. The van der Waals surface area contributed by atoms with Gasteiger partial charge in [-0.2, -0.15) is 0 Å². The highest BCUT2D eigenvalue weighted by atomic mass is 35.5. The summed E-state index contributed by atoms with van der Waals surface area (Å²) in [5.41, 5.74) is 5.28. The van der Waals surface area contributed by atoms with Gasteiger partial charge < -0.3 is 24.7 Å². The average molecular weight is 414 g/mol. The molecule has 0 aliphatic rings. The molecular formula is C18H17Cl2NO6. The van der Waals surface area contributed by atoms with Crippen LogP contribution < -0.4 is 19.9 Å². The van der Waals surface area contributed by atoms with E-state index in [2.05, 4.69) is 0 Å². The monoisotopic (exact) mass is 413 g/mol. The standard InChI is InChI=1S/C18H17Cl2NO6/c1-24-16-8-11(2-4-15(16)27-10-17(21)22)18(23)26-7-6-25-14-5-3-12(19)9-13(14)20/h2-5,8-9H,6-7,10H2,1H3,(H2,21,22). The number of halogens is 2. The van der Waals surface area contributed by atoms with E-state index < -0.39 is 11.9 Å². The Morgan fingerprint density at radius 2 is 1.70 bits per heavy atom. The maximum atomic E-state index is 12.1. The molecule has 0 unspecified atom stereocenters. The van der Waals surface area contributed by atoms with Gasteiger partial charge in [0.05, 0.1) is 17.7 Å². The van der Waals surface area contributed by atoms with Crippen molar-refractivity contribution >= 4 is 35.1 Å². The molecule has 0 aromatic heterocycles. The summed E-state index contributed by atoms with van der Waals surface area (Å²) in [6, 6.07) is 9.24. The molecule has 1 amide bonds. The molecular weight excluding hydrogens is 397 g/mol. The van der Waals surface area contributed by atoms with Gasteiger partial charge in [-0.15, -0.1) is 0 Å². The first-order valence-electron chi connectivity index (χ1n) is 7.75. The highest BCUT2D eigenvalue weighted by Crippen LogP contribution is 2.29. The van der Waals surface area contributed by atoms with Crippen LogP contribution >= 0.6 is 23.2 Å². The van der Waals surface area contributed by atoms with Gasteiger partial charge in [0.1, 0.15) is 19.0 Å². The lowest BCUT2D eigenvalue weighted by atomic mass is 10.2. The fourth-order valence-electron chi connectivity index (χ4n) is 2.02. The lowest BCUT2D eigenvalue weighted by Gasteiger charge is -2.12. The molecule has 0 heterocycles. The van der Waals surface area contributed by atoms with Crippen molar-refractivity contribution in [2.45, 2.75) is 0 Å². The Labute approximate surface area is 165 Å². The van der Waals surface area contributed by atoms with Gasteiger partial charge in [-0.1, -0.05) is 23.2 Å². The predicted molar refractivity (Wildman–Crippen MR) is 99.9 cm³/mol. The van der Waals surface area contributed by atoms with Crippen molar-refractivity contribution in [3.63, 3.8) is 0 Å². The van der Waals surface area contributed by atoms with Crippen LogP contribution in [0.5, 0.6) is 17.2 Å². The van der Waals surface area contributed by atoms with Crippen LogP contribution in [0.25, 0.3) is 0 Å². The van der Waals surface area contributed by atoms with Crippen molar-refractivity contribution in [3.05, 3.63) is 52.0 Å². The molecule has 0 bridgehead atoms. The quantitative estimate of drug-likeness (QED) is 0.500. The van der Waals surface area contributed by atoms with Gasteiger partial charge in [0.25, 0.3) is 5.91 Å². The van der Waals surface area contributed by atoms with E-state index in [-0.39, 0.29) is 36.9 Å². The summed E-state index contributed by atoms with van der Waals surface area (Å²) in [5.74, 6) is -0.194. The van der Waals surface area contributed by atoms with Crippen LogP contribution in [0.3, 0.4) is 0 Å². The molecule has 0 atom stereocenters. The number of hydrogen-bond donors (Lipinski definition) is 1. The van der Waals surface area contributed by atoms with Crippen molar-refractivity contribution in [1.82, 2.24) is 0 Å². The van der Waals surface area contributed by atoms with E-state index in [0.717, 1.165) is 0 Å². The molecule has 2 aromatic rings. The minimum Gasteiger partial charge on any atom is -0.493 e. The number of esters is 1. The van der Waals surface area contributed by atoms with Gasteiger partial charge in [0.2, 0.25) is 0 Å². The van der Waals surface area contributed by atoms with E-state index in [9.17, 15) is 9.59 Å². The summed E-state index contributed by atoms with van der Waals surface area (Å²) in [6.45, 7) is -0.172. The summed E-state index contributed by atoms with van der Waals surface area (Å²) in [5, 5.41) is 0.862. The summed E-state index contributed by atoms with van der Waals surface area (Å²) < 4.78 is 20.9. The summed E-state index contributed by atoms with van der Waals surface area (Å²) in [6.07, 6.45) is 0. The van der Waals surface area contributed by atoms with Crippen molar-refractivity contribution < 1.29 is 28.5 Å². The molecule has 0 saturated heterocycles. The predicted octanol–water partition coefficient (Wildman–Crippen LogP) is 3.10. The second-order valence-electron chi connectivity index (χ2n) is 5.18. The summed E-state index contributed by atoms with van der Waals surface area (Å²) >= 11 is 11.8. The lowest BCUT2D eigenvalue weighted by molar-refractivity contribution is -0.119. The molecule has 2 aromatic carbocycles. The second kappa shape index (κ2) is 9.89. The van der Waals surface area contributed by atoms with Gasteiger partial charge >= 0.3 is 5.97 Å². The van der Waals surface area contributed by atoms with Crippen LogP contribution in [0.15, 0.2) is 36.4 Å². The number of rotatable bonds is 9. The molecule has 2 rings (SSSR count). The molecule has 0 spiro atoms. The molecule has 0 saturated carbocycles. The van der Waals surface area contributed by atoms with E-state index in [4.69, 9.17) is 47.9 Å². The first kappa shape index (κ1) is 20.7. The maximum Gasteiger partial charge on any atom is 0.338 e. The largest absolute Gasteiger partial charge is 0.493 e. The van der Waals surface area contributed by atoms with E-state index in [1.165, 1.54) is 25.3 Å². The third kappa shape index (κ3) is 6.23. The van der Waals surface area contributed by atoms with Crippen molar-refractivity contribution in [2.75, 3.05) is 26.9 Å². The van der Waals surface area contributed by atoms with Crippen molar-refractivity contribution in [1.29, 1.82) is 0 Å². The van der Waals surface area contributed by atoms with E-state index in [1.807, 2.05) is 0 Å². The number of methoxy groups -OCH3 is 1. The van der Waals surface area contributed by atoms with Crippen LogP contribution in [0, 0.1) is 0 Å². The molecule has 27 heavy (non-hydrogen) atoms. The number of benzene rings is 2. The molecule has 2 N–H and O–H groups in total. The van der Waals surface area contributed by atoms with Gasteiger partial charge in [-0.25, -0.2) is 4.79 Å². The van der Waals surface area contributed by atoms with E-state index >= 15 is 0 Å². The Kier molecular flexibility index (Phi) is 7.57. The van der Waals surface area contributed by atoms with Crippen LogP contribution in [-0.2, 0) is 9.53 Å². The Balaban J connectivity index is 1.88. The zero-order chi connectivity index (χ0) is 19.8. The van der Waals surface area contributed by atoms with Crippen molar-refractivity contribution in [2.24, 2.45) is 5.73 Å². The van der Waals surface area contributed by atoms with Crippen LogP contribution in [0.2, 0.25) is 10.0 Å². The molecule has 9 heteroatoms. The molecule has 0 aliphatic carbocycles. The molecule has 0 fully saturated rings. The van der Waals surface area contributed by atoms with Crippen LogP contribution in [-0.4, -0.2) is 38.8 Å². The van der Waals surface area contributed by atoms with Gasteiger partial charge in [-0.3, -0.25) is 4.79 Å². The Bertz CT molecular complexity index is 827. The van der Waals surface area contributed by atoms with E-state index in [0.29, 0.717) is 15.8 Å². The fourth-order valence-corrected chi connectivity index (χ4v) is 2.49. The first-order valence-corrected chi connectivity index (χ1v) is 8.50. The van der Waals surface area contributed by atoms with Gasteiger partial charge in [0.15, 0.2) is 18.1 Å². The number of carbonyl (C=O) groups is 2. The second-order valence-corrected chi connectivity index (χ2v) is 6.02. The Hall–Kier alpha value is -2.64. The summed E-state index contributed by atoms with van der Waals surface area (Å²) in [7, 11) is 1.41. The average Bonchev–Trinajstić information content (AvgIpc) is 2.64. The number of primary amides is 1. The third-order valence-corrected chi connectivity index (χ3v) is 3.77. The zero-order valence-electron chi connectivity index (χ0n) is 14.4. The number of nitrogens with two attached hydrogens (primary N) is 1. The van der Waals surface area contributed by atoms with Gasteiger partial charge in [-0.05, 0) is 36.4 Å². The smallest absolute Gasteiger partial charge is 0.338 e. The molecule has 0 aliphatic heterocycles. The topological polar surface area (TPSA) is 97.1 Å². The minimum absolute atomic E-state index is 0.0139. The number of carbonyl (C=O) groups excluding carboxylic acids is 2. The maximum absolute atomic E-state index is 12.1. The zero-order valence-corrected chi connectivity index (χ0v) is 15.9.